The summed E-state index contributed by atoms with van der Waals surface area (Å²) in [6, 6.07) is 0.134. The maximum atomic E-state index is 11.3. The van der Waals surface area contributed by atoms with Crippen molar-refractivity contribution < 1.29 is 18.3 Å². The molecule has 0 unspecified atom stereocenters. The van der Waals surface area contributed by atoms with E-state index in [-0.39, 0.29) is 24.1 Å². The summed E-state index contributed by atoms with van der Waals surface area (Å²) in [7, 11) is -2.86. The van der Waals surface area contributed by atoms with Crippen LogP contribution < -0.4 is 0 Å². The molecule has 0 aromatic heterocycles. The summed E-state index contributed by atoms with van der Waals surface area (Å²) in [5, 5.41) is 8.89. The number of hydrogen-bond donors (Lipinski definition) is 1. The first-order chi connectivity index (χ1) is 7.96. The molecule has 6 heteroatoms. The minimum Gasteiger partial charge on any atom is -0.480 e. The highest BCUT2D eigenvalue weighted by Gasteiger charge is 2.32. The Morgan fingerprint density at radius 2 is 1.76 bits per heavy atom. The van der Waals surface area contributed by atoms with Gasteiger partial charge in [-0.05, 0) is 31.6 Å². The van der Waals surface area contributed by atoms with Crippen LogP contribution in [0.1, 0.15) is 25.7 Å². The molecule has 5 nitrogen and oxygen atoms in total. The van der Waals surface area contributed by atoms with E-state index in [9.17, 15) is 13.2 Å². The van der Waals surface area contributed by atoms with Crippen LogP contribution in [0.2, 0.25) is 0 Å². The molecular formula is C11H19NO4S. The Morgan fingerprint density at radius 1 is 1.18 bits per heavy atom. The van der Waals surface area contributed by atoms with Crippen molar-refractivity contribution in [2.45, 2.75) is 31.7 Å². The normalized spacial score (nSPS) is 25.0. The van der Waals surface area contributed by atoms with Gasteiger partial charge in [-0.2, -0.15) is 0 Å². The molecule has 1 saturated carbocycles. The van der Waals surface area contributed by atoms with E-state index in [1.165, 1.54) is 12.8 Å². The first kappa shape index (κ1) is 12.8. The molecule has 2 rings (SSSR count). The van der Waals surface area contributed by atoms with Crippen LogP contribution in [0.25, 0.3) is 0 Å². The highest BCUT2D eigenvalue weighted by Crippen LogP contribution is 2.31. The SMILES string of the molecule is O=C(O)CN(CC1CC1)C1CCS(=O)(=O)CC1. The maximum absolute atomic E-state index is 11.3. The number of aliphatic carboxylic acids is 1. The summed E-state index contributed by atoms with van der Waals surface area (Å²) in [5.74, 6) is 0.226. The number of nitrogens with zero attached hydrogens (tertiary/aromatic N) is 1. The lowest BCUT2D eigenvalue weighted by atomic mass is 10.1. The van der Waals surface area contributed by atoms with E-state index in [2.05, 4.69) is 0 Å². The molecule has 0 radical (unpaired) electrons. The van der Waals surface area contributed by atoms with Crippen LogP contribution in [-0.2, 0) is 14.6 Å². The Bertz CT molecular complexity index is 374. The van der Waals surface area contributed by atoms with Gasteiger partial charge in [-0.25, -0.2) is 8.42 Å². The highest BCUT2D eigenvalue weighted by molar-refractivity contribution is 7.91. The van der Waals surface area contributed by atoms with Gasteiger partial charge in [0.1, 0.15) is 9.84 Å². The lowest BCUT2D eigenvalue weighted by Gasteiger charge is -2.33. The molecule has 1 aliphatic heterocycles. The second kappa shape index (κ2) is 4.94. The summed E-state index contributed by atoms with van der Waals surface area (Å²) in [6.07, 6.45) is 3.53. The van der Waals surface area contributed by atoms with Gasteiger partial charge in [0.15, 0.2) is 0 Å². The lowest BCUT2D eigenvalue weighted by molar-refractivity contribution is -0.139. The fourth-order valence-electron chi connectivity index (χ4n) is 2.39. The Labute approximate surface area is 102 Å². The first-order valence-electron chi connectivity index (χ1n) is 6.12. The van der Waals surface area contributed by atoms with Crippen LogP contribution in [0.15, 0.2) is 0 Å². The van der Waals surface area contributed by atoms with Crippen molar-refractivity contribution in [2.75, 3.05) is 24.6 Å². The second-order valence-corrected chi connectivity index (χ2v) is 7.45. The molecule has 0 aromatic carbocycles. The minimum atomic E-state index is -2.86. The first-order valence-corrected chi connectivity index (χ1v) is 7.95. The number of carbonyl (C=O) groups is 1. The zero-order chi connectivity index (χ0) is 12.5. The van der Waals surface area contributed by atoms with Crippen LogP contribution in [0.4, 0.5) is 0 Å². The van der Waals surface area contributed by atoms with Gasteiger partial charge in [0, 0.05) is 12.6 Å². The van der Waals surface area contributed by atoms with E-state index in [4.69, 9.17) is 5.11 Å². The van der Waals surface area contributed by atoms with E-state index in [0.717, 1.165) is 6.54 Å². The Balaban J connectivity index is 1.92. The van der Waals surface area contributed by atoms with Crippen molar-refractivity contribution in [1.82, 2.24) is 4.90 Å². The standard InChI is InChI=1S/C11H19NO4S/c13-11(14)8-12(7-9-1-2-9)10-3-5-17(15,16)6-4-10/h9-10H,1-8H2,(H,13,14). The van der Waals surface area contributed by atoms with Crippen LogP contribution in [-0.4, -0.2) is 55.0 Å². The Hall–Kier alpha value is -0.620. The average molecular weight is 261 g/mol. The van der Waals surface area contributed by atoms with Gasteiger partial charge in [-0.15, -0.1) is 0 Å². The molecule has 17 heavy (non-hydrogen) atoms. The quantitative estimate of drug-likeness (QED) is 0.773. The van der Waals surface area contributed by atoms with E-state index in [0.29, 0.717) is 18.8 Å². The van der Waals surface area contributed by atoms with Gasteiger partial charge < -0.3 is 5.11 Å². The molecule has 0 aromatic rings. The van der Waals surface area contributed by atoms with Crippen molar-refractivity contribution >= 4 is 15.8 Å². The third-order valence-corrected chi connectivity index (χ3v) is 5.28. The maximum Gasteiger partial charge on any atom is 0.317 e. The molecule has 0 bridgehead atoms. The largest absolute Gasteiger partial charge is 0.480 e. The van der Waals surface area contributed by atoms with E-state index < -0.39 is 15.8 Å². The summed E-state index contributed by atoms with van der Waals surface area (Å²) < 4.78 is 22.7. The Morgan fingerprint density at radius 3 is 2.24 bits per heavy atom. The second-order valence-electron chi connectivity index (χ2n) is 5.15. The molecule has 1 saturated heterocycles. The fraction of sp³-hybridized carbons (Fsp3) is 0.909. The molecule has 0 spiro atoms. The smallest absolute Gasteiger partial charge is 0.317 e. The predicted octanol–water partition coefficient (Wildman–Crippen LogP) is 0.360. The van der Waals surface area contributed by atoms with Crippen molar-refractivity contribution in [2.24, 2.45) is 5.92 Å². The molecule has 1 aliphatic carbocycles. The van der Waals surface area contributed by atoms with E-state index in [1.807, 2.05) is 4.90 Å². The van der Waals surface area contributed by atoms with Crippen LogP contribution >= 0.6 is 0 Å². The lowest BCUT2D eigenvalue weighted by Crippen LogP contribution is -2.44. The molecule has 2 fully saturated rings. The predicted molar refractivity (Wildman–Crippen MR) is 63.6 cm³/mol. The summed E-state index contributed by atoms with van der Waals surface area (Å²) in [6.45, 7) is 0.859. The zero-order valence-electron chi connectivity index (χ0n) is 9.84. The molecule has 2 aliphatic rings. The van der Waals surface area contributed by atoms with E-state index in [1.54, 1.807) is 0 Å². The van der Waals surface area contributed by atoms with Gasteiger partial charge in [-0.1, -0.05) is 0 Å². The van der Waals surface area contributed by atoms with Crippen LogP contribution in [0.5, 0.6) is 0 Å². The molecule has 1 heterocycles. The Kier molecular flexibility index (Phi) is 3.73. The third-order valence-electron chi connectivity index (χ3n) is 3.57. The zero-order valence-corrected chi connectivity index (χ0v) is 10.7. The van der Waals surface area contributed by atoms with Crippen molar-refractivity contribution in [3.8, 4) is 0 Å². The number of sulfone groups is 1. The number of rotatable bonds is 5. The van der Waals surface area contributed by atoms with Crippen LogP contribution in [0.3, 0.4) is 0 Å². The number of carboxylic acids is 1. The highest BCUT2D eigenvalue weighted by atomic mass is 32.2. The van der Waals surface area contributed by atoms with Crippen LogP contribution in [0, 0.1) is 5.92 Å². The van der Waals surface area contributed by atoms with Gasteiger partial charge >= 0.3 is 5.97 Å². The van der Waals surface area contributed by atoms with Gasteiger partial charge in [0.25, 0.3) is 0 Å². The molecule has 1 N–H and O–H groups in total. The third kappa shape index (κ3) is 3.96. The van der Waals surface area contributed by atoms with Crippen molar-refractivity contribution in [3.05, 3.63) is 0 Å². The molecule has 98 valence electrons. The fourth-order valence-corrected chi connectivity index (χ4v) is 3.86. The van der Waals surface area contributed by atoms with E-state index >= 15 is 0 Å². The average Bonchev–Trinajstić information content (AvgIpc) is 3.00. The van der Waals surface area contributed by atoms with Gasteiger partial charge in [0.05, 0.1) is 18.1 Å². The van der Waals surface area contributed by atoms with Gasteiger partial charge in [0.2, 0.25) is 0 Å². The molecule has 0 atom stereocenters. The number of carboxylic acid groups (broad SMARTS) is 1. The molecule has 0 amide bonds. The monoisotopic (exact) mass is 261 g/mol. The van der Waals surface area contributed by atoms with Crippen molar-refractivity contribution in [3.63, 3.8) is 0 Å². The van der Waals surface area contributed by atoms with Gasteiger partial charge in [-0.3, -0.25) is 9.69 Å². The summed E-state index contributed by atoms with van der Waals surface area (Å²) >= 11 is 0. The molecular weight excluding hydrogens is 242 g/mol. The summed E-state index contributed by atoms with van der Waals surface area (Å²) in [4.78, 5) is 12.8. The van der Waals surface area contributed by atoms with Crippen molar-refractivity contribution in [1.29, 1.82) is 0 Å². The minimum absolute atomic E-state index is 0.0429. The topological polar surface area (TPSA) is 74.7 Å². The number of hydrogen-bond acceptors (Lipinski definition) is 4. The summed E-state index contributed by atoms with van der Waals surface area (Å²) in [5.41, 5.74) is 0.